The van der Waals surface area contributed by atoms with E-state index >= 15 is 0 Å². The lowest BCUT2D eigenvalue weighted by atomic mass is 10.1. The third-order valence-corrected chi connectivity index (χ3v) is 3.09. The van der Waals surface area contributed by atoms with Crippen molar-refractivity contribution in [1.29, 1.82) is 0 Å². The van der Waals surface area contributed by atoms with E-state index in [1.807, 2.05) is 24.3 Å². The Bertz CT molecular complexity index is 376. The van der Waals surface area contributed by atoms with Gasteiger partial charge in [0, 0.05) is 25.8 Å². The first-order valence-corrected chi connectivity index (χ1v) is 6.77. The van der Waals surface area contributed by atoms with Crippen LogP contribution in [0.25, 0.3) is 0 Å². The fourth-order valence-corrected chi connectivity index (χ4v) is 1.97. The van der Waals surface area contributed by atoms with Gasteiger partial charge in [0.2, 0.25) is 0 Å². The summed E-state index contributed by atoms with van der Waals surface area (Å²) in [7, 11) is 3.72. The molecule has 2 N–H and O–H groups in total. The lowest BCUT2D eigenvalue weighted by molar-refractivity contribution is 0.0963. The first-order chi connectivity index (χ1) is 9.17. The highest BCUT2D eigenvalue weighted by Gasteiger charge is 2.04. The molecule has 0 spiro atoms. The number of carbonyl (C=O) groups is 1. The van der Waals surface area contributed by atoms with Crippen LogP contribution in [-0.2, 0) is 6.54 Å². The van der Waals surface area contributed by atoms with Crippen LogP contribution in [0.4, 0.5) is 0 Å². The molecule has 0 aliphatic carbocycles. The van der Waals surface area contributed by atoms with Gasteiger partial charge in [-0.3, -0.25) is 4.79 Å². The van der Waals surface area contributed by atoms with Gasteiger partial charge in [-0.2, -0.15) is 0 Å². The average molecular weight is 264 g/mol. The molecule has 0 aromatic heterocycles. The number of unbranched alkanes of at least 4 members (excludes halogenated alkanes) is 2. The number of carbonyl (C=O) groups excluding carboxylic acids is 1. The van der Waals surface area contributed by atoms with E-state index in [1.54, 1.807) is 7.05 Å². The van der Waals surface area contributed by atoms with Gasteiger partial charge in [0.05, 0.1) is 0 Å². The molecule has 106 valence electrons. The van der Waals surface area contributed by atoms with Crippen molar-refractivity contribution in [3.05, 3.63) is 35.4 Å². The molecule has 0 saturated carbocycles. The predicted octanol–water partition coefficient (Wildman–Crippen LogP) is 1.64. The second kappa shape index (κ2) is 8.67. The maximum Gasteiger partial charge on any atom is 0.251 e. The molecule has 0 radical (unpaired) electrons. The van der Waals surface area contributed by atoms with Crippen LogP contribution in [0.3, 0.4) is 0 Å². The Morgan fingerprint density at radius 3 is 2.47 bits per heavy atom. The quantitative estimate of drug-likeness (QED) is 0.702. The number of rotatable bonds is 8. The molecule has 4 heteroatoms. The molecule has 1 amide bonds. The van der Waals surface area contributed by atoms with E-state index < -0.39 is 0 Å². The molecule has 0 aliphatic rings. The average Bonchev–Trinajstić information content (AvgIpc) is 2.43. The van der Waals surface area contributed by atoms with Crippen molar-refractivity contribution in [3.63, 3.8) is 0 Å². The van der Waals surface area contributed by atoms with Crippen molar-refractivity contribution < 1.29 is 9.90 Å². The zero-order valence-corrected chi connectivity index (χ0v) is 11.9. The van der Waals surface area contributed by atoms with E-state index in [4.69, 9.17) is 5.11 Å². The third kappa shape index (κ3) is 5.85. The monoisotopic (exact) mass is 264 g/mol. The highest BCUT2D eigenvalue weighted by Crippen LogP contribution is 2.07. The highest BCUT2D eigenvalue weighted by molar-refractivity contribution is 5.93. The Kier molecular flexibility index (Phi) is 7.15. The summed E-state index contributed by atoms with van der Waals surface area (Å²) in [5.74, 6) is -0.0519. The summed E-state index contributed by atoms with van der Waals surface area (Å²) >= 11 is 0. The maximum atomic E-state index is 11.4. The van der Waals surface area contributed by atoms with Gasteiger partial charge in [-0.1, -0.05) is 12.1 Å². The Balaban J connectivity index is 2.38. The summed E-state index contributed by atoms with van der Waals surface area (Å²) in [4.78, 5) is 13.7. The second-order valence-corrected chi connectivity index (χ2v) is 4.80. The van der Waals surface area contributed by atoms with Gasteiger partial charge < -0.3 is 15.3 Å². The minimum absolute atomic E-state index is 0.0519. The van der Waals surface area contributed by atoms with Crippen LogP contribution < -0.4 is 5.32 Å². The third-order valence-electron chi connectivity index (χ3n) is 3.09. The highest BCUT2D eigenvalue weighted by atomic mass is 16.2. The van der Waals surface area contributed by atoms with Crippen molar-refractivity contribution in [2.75, 3.05) is 27.2 Å². The zero-order chi connectivity index (χ0) is 14.1. The second-order valence-electron chi connectivity index (χ2n) is 4.80. The van der Waals surface area contributed by atoms with Gasteiger partial charge in [0.25, 0.3) is 5.91 Å². The van der Waals surface area contributed by atoms with Crippen LogP contribution in [0, 0.1) is 0 Å². The zero-order valence-electron chi connectivity index (χ0n) is 11.9. The van der Waals surface area contributed by atoms with Gasteiger partial charge in [-0.05, 0) is 50.6 Å². The molecule has 19 heavy (non-hydrogen) atoms. The van der Waals surface area contributed by atoms with E-state index in [9.17, 15) is 4.79 Å². The molecule has 1 aromatic carbocycles. The molecule has 1 rings (SSSR count). The Labute approximate surface area is 115 Å². The smallest absolute Gasteiger partial charge is 0.251 e. The number of amides is 1. The van der Waals surface area contributed by atoms with E-state index in [0.29, 0.717) is 5.56 Å². The number of nitrogens with one attached hydrogen (secondary N) is 1. The molecular weight excluding hydrogens is 240 g/mol. The molecule has 0 saturated heterocycles. The number of hydrogen-bond donors (Lipinski definition) is 2. The maximum absolute atomic E-state index is 11.4. The lowest BCUT2D eigenvalue weighted by Crippen LogP contribution is -2.20. The van der Waals surface area contributed by atoms with Gasteiger partial charge in [0.1, 0.15) is 0 Å². The number of nitrogens with zero attached hydrogens (tertiary/aromatic N) is 1. The Hall–Kier alpha value is -1.39. The van der Waals surface area contributed by atoms with Crippen molar-refractivity contribution in [1.82, 2.24) is 10.2 Å². The Morgan fingerprint density at radius 1 is 1.21 bits per heavy atom. The summed E-state index contributed by atoms with van der Waals surface area (Å²) in [5, 5.41) is 11.3. The normalized spacial score (nSPS) is 10.7. The van der Waals surface area contributed by atoms with E-state index in [0.717, 1.165) is 32.4 Å². The number of benzene rings is 1. The SMILES string of the molecule is CNC(=O)c1ccc(CN(C)CCCCCO)cc1. The fraction of sp³-hybridized carbons (Fsp3) is 0.533. The topological polar surface area (TPSA) is 52.6 Å². The molecular formula is C15H24N2O2. The molecule has 0 heterocycles. The van der Waals surface area contributed by atoms with Crippen molar-refractivity contribution in [2.45, 2.75) is 25.8 Å². The van der Waals surface area contributed by atoms with Crippen LogP contribution in [0.5, 0.6) is 0 Å². The predicted molar refractivity (Wildman–Crippen MR) is 77.1 cm³/mol. The van der Waals surface area contributed by atoms with E-state index in [1.165, 1.54) is 5.56 Å². The van der Waals surface area contributed by atoms with Crippen LogP contribution in [0.2, 0.25) is 0 Å². The van der Waals surface area contributed by atoms with Gasteiger partial charge >= 0.3 is 0 Å². The summed E-state index contributed by atoms with van der Waals surface area (Å²) < 4.78 is 0. The molecule has 0 bridgehead atoms. The minimum Gasteiger partial charge on any atom is -0.396 e. The van der Waals surface area contributed by atoms with E-state index in [-0.39, 0.29) is 12.5 Å². The molecule has 1 aromatic rings. The lowest BCUT2D eigenvalue weighted by Gasteiger charge is -2.16. The first-order valence-electron chi connectivity index (χ1n) is 6.77. The largest absolute Gasteiger partial charge is 0.396 e. The van der Waals surface area contributed by atoms with Crippen LogP contribution in [0.1, 0.15) is 35.2 Å². The van der Waals surface area contributed by atoms with Crippen molar-refractivity contribution in [3.8, 4) is 0 Å². The molecule has 4 nitrogen and oxygen atoms in total. The fourth-order valence-electron chi connectivity index (χ4n) is 1.97. The number of aliphatic hydroxyl groups excluding tert-OH is 1. The summed E-state index contributed by atoms with van der Waals surface area (Å²) in [6.45, 7) is 2.19. The Morgan fingerprint density at radius 2 is 1.89 bits per heavy atom. The summed E-state index contributed by atoms with van der Waals surface area (Å²) in [5.41, 5.74) is 1.90. The van der Waals surface area contributed by atoms with Crippen LogP contribution >= 0.6 is 0 Å². The molecule has 0 aliphatic heterocycles. The first kappa shape index (κ1) is 15.7. The molecule has 0 unspecified atom stereocenters. The van der Waals surface area contributed by atoms with E-state index in [2.05, 4.69) is 17.3 Å². The minimum atomic E-state index is -0.0519. The molecule has 0 atom stereocenters. The number of aliphatic hydroxyl groups is 1. The summed E-state index contributed by atoms with van der Waals surface area (Å²) in [6.07, 6.45) is 3.05. The number of hydrogen-bond acceptors (Lipinski definition) is 3. The van der Waals surface area contributed by atoms with Crippen LogP contribution in [0.15, 0.2) is 24.3 Å². The standard InChI is InChI=1S/C15H24N2O2/c1-16-15(19)14-8-6-13(7-9-14)12-17(2)10-4-3-5-11-18/h6-9,18H,3-5,10-12H2,1-2H3,(H,16,19). The van der Waals surface area contributed by atoms with Crippen LogP contribution in [-0.4, -0.2) is 43.2 Å². The van der Waals surface area contributed by atoms with Gasteiger partial charge in [0.15, 0.2) is 0 Å². The van der Waals surface area contributed by atoms with Crippen molar-refractivity contribution in [2.24, 2.45) is 0 Å². The van der Waals surface area contributed by atoms with Crippen molar-refractivity contribution >= 4 is 5.91 Å². The summed E-state index contributed by atoms with van der Waals surface area (Å²) in [6, 6.07) is 7.70. The van der Waals surface area contributed by atoms with Gasteiger partial charge in [-0.15, -0.1) is 0 Å². The molecule has 0 fully saturated rings. The van der Waals surface area contributed by atoms with Gasteiger partial charge in [-0.25, -0.2) is 0 Å².